The van der Waals surface area contributed by atoms with Gasteiger partial charge in [0.2, 0.25) is 0 Å². The Labute approximate surface area is 102 Å². The molecule has 1 aliphatic carbocycles. The van der Waals surface area contributed by atoms with E-state index in [1.54, 1.807) is 11.3 Å². The number of rotatable bonds is 4. The highest BCUT2D eigenvalue weighted by molar-refractivity contribution is 7.09. The van der Waals surface area contributed by atoms with Crippen LogP contribution in [0.25, 0.3) is 0 Å². The summed E-state index contributed by atoms with van der Waals surface area (Å²) in [6, 6.07) is 0. The first kappa shape index (κ1) is 12.1. The van der Waals surface area contributed by atoms with E-state index in [1.165, 1.54) is 37.1 Å². The fraction of sp³-hybridized carbons (Fsp3) is 0.769. The highest BCUT2D eigenvalue weighted by Gasteiger charge is 2.28. The second-order valence-corrected chi connectivity index (χ2v) is 6.14. The van der Waals surface area contributed by atoms with Gasteiger partial charge < -0.3 is 5.32 Å². The van der Waals surface area contributed by atoms with Crippen molar-refractivity contribution in [3.8, 4) is 0 Å². The van der Waals surface area contributed by atoms with Crippen molar-refractivity contribution in [3.63, 3.8) is 0 Å². The molecule has 1 heterocycles. The van der Waals surface area contributed by atoms with Gasteiger partial charge in [-0.05, 0) is 50.6 Å². The Morgan fingerprint density at radius 1 is 1.44 bits per heavy atom. The minimum Gasteiger partial charge on any atom is -0.319 e. The number of hydrogen-bond donors (Lipinski definition) is 1. The summed E-state index contributed by atoms with van der Waals surface area (Å²) in [5.41, 5.74) is 1.95. The number of thiazole rings is 1. The van der Waals surface area contributed by atoms with Crippen LogP contribution in [-0.2, 0) is 6.42 Å². The molecule has 0 aromatic carbocycles. The summed E-state index contributed by atoms with van der Waals surface area (Å²) in [7, 11) is 2.07. The van der Waals surface area contributed by atoms with Gasteiger partial charge in [-0.2, -0.15) is 0 Å². The second kappa shape index (κ2) is 5.78. The van der Waals surface area contributed by atoms with Crippen LogP contribution in [0.15, 0.2) is 11.7 Å². The molecular formula is C13H22N2S. The van der Waals surface area contributed by atoms with Crippen LogP contribution in [0, 0.1) is 17.8 Å². The fourth-order valence-electron chi connectivity index (χ4n) is 2.94. The van der Waals surface area contributed by atoms with Crippen LogP contribution in [0.3, 0.4) is 0 Å². The molecule has 1 aromatic heterocycles. The van der Waals surface area contributed by atoms with Gasteiger partial charge in [-0.15, -0.1) is 11.3 Å². The van der Waals surface area contributed by atoms with Gasteiger partial charge in [0.15, 0.2) is 0 Å². The third-order valence-electron chi connectivity index (χ3n) is 3.82. The lowest BCUT2D eigenvalue weighted by Crippen LogP contribution is -2.32. The molecule has 2 rings (SSSR count). The minimum atomic E-state index is 0.858. The van der Waals surface area contributed by atoms with Crippen LogP contribution in [0.4, 0.5) is 0 Å². The molecule has 3 heteroatoms. The van der Waals surface area contributed by atoms with Gasteiger partial charge in [0.25, 0.3) is 0 Å². The monoisotopic (exact) mass is 238 g/mol. The lowest BCUT2D eigenvalue weighted by Gasteiger charge is -2.34. The Balaban J connectivity index is 1.96. The molecule has 0 spiro atoms. The van der Waals surface area contributed by atoms with Gasteiger partial charge in [-0.3, -0.25) is 4.98 Å². The summed E-state index contributed by atoms with van der Waals surface area (Å²) < 4.78 is 0. The van der Waals surface area contributed by atoms with E-state index in [-0.39, 0.29) is 0 Å². The molecule has 1 N–H and O–H groups in total. The Hall–Kier alpha value is -0.410. The third-order valence-corrected chi connectivity index (χ3v) is 4.62. The molecule has 1 aliphatic rings. The van der Waals surface area contributed by atoms with E-state index < -0.39 is 0 Å². The zero-order valence-electron chi connectivity index (χ0n) is 10.3. The normalized spacial score (nSPS) is 30.5. The molecule has 2 nitrogen and oxygen atoms in total. The number of hydrogen-bond acceptors (Lipinski definition) is 3. The molecule has 0 aliphatic heterocycles. The highest BCUT2D eigenvalue weighted by Crippen LogP contribution is 2.35. The number of aromatic nitrogens is 1. The maximum atomic E-state index is 4.18. The van der Waals surface area contributed by atoms with Gasteiger partial charge in [-0.25, -0.2) is 0 Å². The Morgan fingerprint density at radius 3 is 3.00 bits per heavy atom. The largest absolute Gasteiger partial charge is 0.319 e. The number of nitrogens with one attached hydrogen (secondary N) is 1. The van der Waals surface area contributed by atoms with Crippen molar-refractivity contribution in [1.29, 1.82) is 0 Å². The van der Waals surface area contributed by atoms with Crippen molar-refractivity contribution in [2.45, 2.75) is 32.6 Å². The van der Waals surface area contributed by atoms with Gasteiger partial charge in [0, 0.05) is 11.1 Å². The van der Waals surface area contributed by atoms with Gasteiger partial charge in [0.05, 0.1) is 5.51 Å². The molecule has 0 saturated heterocycles. The van der Waals surface area contributed by atoms with Crippen molar-refractivity contribution >= 4 is 11.3 Å². The lowest BCUT2D eigenvalue weighted by atomic mass is 9.73. The standard InChI is InChI=1S/C13H22N2S/c1-10-3-4-11(7-14-2)12(5-10)6-13-8-15-9-16-13/h8-12,14H,3-7H2,1-2H3. The summed E-state index contributed by atoms with van der Waals surface area (Å²) in [5, 5.41) is 3.35. The van der Waals surface area contributed by atoms with Crippen LogP contribution in [0.2, 0.25) is 0 Å². The smallest absolute Gasteiger partial charge is 0.0794 e. The van der Waals surface area contributed by atoms with E-state index in [9.17, 15) is 0 Å². The van der Waals surface area contributed by atoms with Gasteiger partial charge in [0.1, 0.15) is 0 Å². The van der Waals surface area contributed by atoms with Crippen molar-refractivity contribution in [2.75, 3.05) is 13.6 Å². The molecule has 3 unspecified atom stereocenters. The predicted octanol–water partition coefficient (Wildman–Crippen LogP) is 2.96. The average Bonchev–Trinajstić information content (AvgIpc) is 2.75. The quantitative estimate of drug-likeness (QED) is 0.872. The van der Waals surface area contributed by atoms with Crippen molar-refractivity contribution in [2.24, 2.45) is 17.8 Å². The Kier molecular flexibility index (Phi) is 4.36. The van der Waals surface area contributed by atoms with E-state index in [2.05, 4.69) is 24.3 Å². The zero-order chi connectivity index (χ0) is 11.4. The minimum absolute atomic E-state index is 0.858. The molecule has 0 amide bonds. The Morgan fingerprint density at radius 2 is 2.31 bits per heavy atom. The molecule has 0 bridgehead atoms. The summed E-state index contributed by atoms with van der Waals surface area (Å²) in [5.74, 6) is 2.63. The van der Waals surface area contributed by atoms with Gasteiger partial charge >= 0.3 is 0 Å². The SMILES string of the molecule is CNCC1CCC(C)CC1Cc1cncs1. The van der Waals surface area contributed by atoms with Gasteiger partial charge in [-0.1, -0.05) is 13.3 Å². The van der Waals surface area contributed by atoms with E-state index in [4.69, 9.17) is 0 Å². The molecule has 0 radical (unpaired) electrons. The van der Waals surface area contributed by atoms with Crippen molar-refractivity contribution in [1.82, 2.24) is 10.3 Å². The van der Waals surface area contributed by atoms with E-state index in [0.29, 0.717) is 0 Å². The highest BCUT2D eigenvalue weighted by atomic mass is 32.1. The fourth-order valence-corrected chi connectivity index (χ4v) is 3.63. The Bertz CT molecular complexity index is 297. The van der Waals surface area contributed by atoms with Crippen LogP contribution >= 0.6 is 11.3 Å². The van der Waals surface area contributed by atoms with Crippen LogP contribution in [-0.4, -0.2) is 18.6 Å². The first-order valence-corrected chi connectivity index (χ1v) is 7.19. The van der Waals surface area contributed by atoms with Crippen molar-refractivity contribution in [3.05, 3.63) is 16.6 Å². The van der Waals surface area contributed by atoms with Crippen molar-refractivity contribution < 1.29 is 0 Å². The predicted molar refractivity (Wildman–Crippen MR) is 69.7 cm³/mol. The number of nitrogens with zero attached hydrogens (tertiary/aromatic N) is 1. The van der Waals surface area contributed by atoms with E-state index >= 15 is 0 Å². The third kappa shape index (κ3) is 3.05. The van der Waals surface area contributed by atoms with Crippen LogP contribution < -0.4 is 5.32 Å². The second-order valence-electron chi connectivity index (χ2n) is 5.17. The van der Waals surface area contributed by atoms with Crippen LogP contribution in [0.5, 0.6) is 0 Å². The zero-order valence-corrected chi connectivity index (χ0v) is 11.1. The maximum absolute atomic E-state index is 4.18. The maximum Gasteiger partial charge on any atom is 0.0794 e. The molecular weight excluding hydrogens is 216 g/mol. The summed E-state index contributed by atoms with van der Waals surface area (Å²) in [4.78, 5) is 5.64. The first-order valence-electron chi connectivity index (χ1n) is 6.31. The summed E-state index contributed by atoms with van der Waals surface area (Å²) >= 11 is 1.81. The molecule has 90 valence electrons. The summed E-state index contributed by atoms with van der Waals surface area (Å²) in [6.07, 6.45) is 7.48. The topological polar surface area (TPSA) is 24.9 Å². The van der Waals surface area contributed by atoms with E-state index in [0.717, 1.165) is 17.8 Å². The first-order chi connectivity index (χ1) is 7.79. The molecule has 1 fully saturated rings. The molecule has 16 heavy (non-hydrogen) atoms. The van der Waals surface area contributed by atoms with E-state index in [1.807, 2.05) is 11.7 Å². The molecule has 3 atom stereocenters. The molecule has 1 saturated carbocycles. The lowest BCUT2D eigenvalue weighted by molar-refractivity contribution is 0.187. The van der Waals surface area contributed by atoms with Crippen LogP contribution in [0.1, 0.15) is 31.1 Å². The molecule has 1 aromatic rings. The summed E-state index contributed by atoms with van der Waals surface area (Å²) in [6.45, 7) is 3.57. The average molecular weight is 238 g/mol.